The minimum Gasteiger partial charge on any atom is -0.469 e. The van der Waals surface area contributed by atoms with E-state index in [1.54, 1.807) is 0 Å². The van der Waals surface area contributed by atoms with E-state index in [0.29, 0.717) is 4.88 Å². The number of hydrogen-bond donors (Lipinski definition) is 0. The van der Waals surface area contributed by atoms with E-state index >= 15 is 0 Å². The number of ketones is 1. The van der Waals surface area contributed by atoms with Gasteiger partial charge in [-0.25, -0.2) is 0 Å². The first-order chi connectivity index (χ1) is 8.60. The molecule has 3 nitrogen and oxygen atoms in total. The summed E-state index contributed by atoms with van der Waals surface area (Å²) in [5.41, 5.74) is 0. The van der Waals surface area contributed by atoms with E-state index in [2.05, 4.69) is 20.7 Å². The van der Waals surface area contributed by atoms with Gasteiger partial charge in [-0.2, -0.15) is 0 Å². The molecular weight excluding hydrogens is 316 g/mol. The second-order valence-corrected chi connectivity index (χ2v) is 5.79. The molecular formula is C13H11BrO3S. The highest BCUT2D eigenvalue weighted by Gasteiger charge is 2.12. The van der Waals surface area contributed by atoms with E-state index in [-0.39, 0.29) is 24.6 Å². The van der Waals surface area contributed by atoms with Gasteiger partial charge in [-0.05, 0) is 23.6 Å². The van der Waals surface area contributed by atoms with Crippen LogP contribution in [0.25, 0.3) is 10.1 Å². The maximum absolute atomic E-state index is 11.9. The van der Waals surface area contributed by atoms with Gasteiger partial charge in [-0.1, -0.05) is 22.0 Å². The lowest BCUT2D eigenvalue weighted by Gasteiger charge is -1.96. The molecule has 0 amide bonds. The summed E-state index contributed by atoms with van der Waals surface area (Å²) in [5.74, 6) is -0.370. The number of Topliss-reactive ketones (excluding diaryl/α,β-unsaturated/α-hetero) is 1. The molecule has 0 saturated carbocycles. The van der Waals surface area contributed by atoms with Crippen molar-refractivity contribution in [2.75, 3.05) is 7.11 Å². The van der Waals surface area contributed by atoms with Crippen molar-refractivity contribution in [3.05, 3.63) is 33.6 Å². The number of rotatable bonds is 4. The van der Waals surface area contributed by atoms with Crippen molar-refractivity contribution in [1.29, 1.82) is 0 Å². The van der Waals surface area contributed by atoms with Gasteiger partial charge < -0.3 is 4.74 Å². The van der Waals surface area contributed by atoms with Crippen LogP contribution in [0.1, 0.15) is 22.5 Å². The van der Waals surface area contributed by atoms with Crippen LogP contribution in [0.2, 0.25) is 0 Å². The molecule has 0 radical (unpaired) electrons. The summed E-state index contributed by atoms with van der Waals surface area (Å²) in [6.45, 7) is 0. The van der Waals surface area contributed by atoms with Gasteiger partial charge in [0.2, 0.25) is 0 Å². The van der Waals surface area contributed by atoms with Crippen LogP contribution < -0.4 is 0 Å². The van der Waals surface area contributed by atoms with Crippen molar-refractivity contribution >= 4 is 49.1 Å². The van der Waals surface area contributed by atoms with Crippen LogP contribution in [0.4, 0.5) is 0 Å². The molecule has 1 heterocycles. The average Bonchev–Trinajstić information content (AvgIpc) is 2.78. The minimum absolute atomic E-state index is 0.0160. The predicted molar refractivity (Wildman–Crippen MR) is 75.1 cm³/mol. The summed E-state index contributed by atoms with van der Waals surface area (Å²) in [7, 11) is 1.32. The van der Waals surface area contributed by atoms with Crippen molar-refractivity contribution in [3.63, 3.8) is 0 Å². The first-order valence-corrected chi connectivity index (χ1v) is 7.00. The van der Waals surface area contributed by atoms with Crippen LogP contribution in [0, 0.1) is 0 Å². The maximum Gasteiger partial charge on any atom is 0.305 e. The molecule has 18 heavy (non-hydrogen) atoms. The largest absolute Gasteiger partial charge is 0.469 e. The van der Waals surface area contributed by atoms with E-state index in [1.807, 2.05) is 24.3 Å². The quantitative estimate of drug-likeness (QED) is 0.634. The smallest absolute Gasteiger partial charge is 0.305 e. The first-order valence-electron chi connectivity index (χ1n) is 5.39. The van der Waals surface area contributed by atoms with Gasteiger partial charge >= 0.3 is 5.97 Å². The van der Waals surface area contributed by atoms with Gasteiger partial charge in [0.05, 0.1) is 18.4 Å². The SMILES string of the molecule is COC(=O)CCC(=O)c1cc2ccc(Br)cc2s1. The molecule has 0 spiro atoms. The number of ether oxygens (including phenoxy) is 1. The van der Waals surface area contributed by atoms with Crippen molar-refractivity contribution < 1.29 is 14.3 Å². The highest BCUT2D eigenvalue weighted by Crippen LogP contribution is 2.29. The zero-order valence-corrected chi connectivity index (χ0v) is 12.1. The zero-order chi connectivity index (χ0) is 13.1. The number of carbonyl (C=O) groups is 2. The first kappa shape index (κ1) is 13.2. The number of esters is 1. The molecule has 2 aromatic rings. The number of methoxy groups -OCH3 is 1. The number of thiophene rings is 1. The molecule has 0 aliphatic rings. The molecule has 0 atom stereocenters. The summed E-state index contributed by atoms with van der Waals surface area (Å²) < 4.78 is 6.57. The molecule has 0 aliphatic heterocycles. The summed E-state index contributed by atoms with van der Waals surface area (Å²) in [6.07, 6.45) is 0.327. The Bertz CT molecular complexity index is 603. The molecule has 0 unspecified atom stereocenters. The summed E-state index contributed by atoms with van der Waals surface area (Å²) in [4.78, 5) is 23.6. The van der Waals surface area contributed by atoms with E-state index < -0.39 is 0 Å². The van der Waals surface area contributed by atoms with Gasteiger partial charge in [0.25, 0.3) is 0 Å². The fraction of sp³-hybridized carbons (Fsp3) is 0.231. The molecule has 1 aromatic heterocycles. The highest BCUT2D eigenvalue weighted by molar-refractivity contribution is 9.10. The third kappa shape index (κ3) is 2.97. The molecule has 94 valence electrons. The third-order valence-corrected chi connectivity index (χ3v) is 4.17. The summed E-state index contributed by atoms with van der Waals surface area (Å²) >= 11 is 4.85. The van der Waals surface area contributed by atoms with Crippen LogP contribution >= 0.6 is 27.3 Å². The van der Waals surface area contributed by atoms with Crippen LogP contribution in [0.5, 0.6) is 0 Å². The standard InChI is InChI=1S/C13H11BrO3S/c1-17-13(16)5-4-10(15)12-6-8-2-3-9(14)7-11(8)18-12/h2-3,6-7H,4-5H2,1H3. The Kier molecular flexibility index (Phi) is 4.14. The highest BCUT2D eigenvalue weighted by atomic mass is 79.9. The Hall–Kier alpha value is -1.20. The minimum atomic E-state index is -0.354. The lowest BCUT2D eigenvalue weighted by atomic mass is 10.2. The second kappa shape index (κ2) is 5.63. The van der Waals surface area contributed by atoms with Gasteiger partial charge in [0.15, 0.2) is 5.78 Å². The summed E-state index contributed by atoms with van der Waals surface area (Å²) in [6, 6.07) is 7.76. The van der Waals surface area contributed by atoms with Crippen molar-refractivity contribution in [2.45, 2.75) is 12.8 Å². The van der Waals surface area contributed by atoms with Crippen molar-refractivity contribution in [3.8, 4) is 0 Å². The molecule has 0 bridgehead atoms. The molecule has 0 saturated heterocycles. The number of benzene rings is 1. The van der Waals surface area contributed by atoms with Crippen LogP contribution in [-0.4, -0.2) is 18.9 Å². The molecule has 0 fully saturated rings. The van der Waals surface area contributed by atoms with Crippen LogP contribution in [0.15, 0.2) is 28.7 Å². The Morgan fingerprint density at radius 1 is 1.28 bits per heavy atom. The lowest BCUT2D eigenvalue weighted by Crippen LogP contribution is -2.04. The van der Waals surface area contributed by atoms with Gasteiger partial charge in [-0.15, -0.1) is 11.3 Å². The topological polar surface area (TPSA) is 43.4 Å². The fourth-order valence-electron chi connectivity index (χ4n) is 1.58. The normalized spacial score (nSPS) is 10.6. The Balaban J connectivity index is 2.15. The zero-order valence-electron chi connectivity index (χ0n) is 9.73. The van der Waals surface area contributed by atoms with E-state index in [9.17, 15) is 9.59 Å². The third-order valence-electron chi connectivity index (χ3n) is 2.54. The van der Waals surface area contributed by atoms with Crippen LogP contribution in [-0.2, 0) is 9.53 Å². The maximum atomic E-state index is 11.9. The summed E-state index contributed by atoms with van der Waals surface area (Å²) in [5, 5.41) is 1.05. The predicted octanol–water partition coefficient (Wildman–Crippen LogP) is 3.80. The molecule has 2 rings (SSSR count). The van der Waals surface area contributed by atoms with E-state index in [4.69, 9.17) is 0 Å². The van der Waals surface area contributed by atoms with Gasteiger partial charge in [0.1, 0.15) is 0 Å². The number of hydrogen-bond acceptors (Lipinski definition) is 4. The lowest BCUT2D eigenvalue weighted by molar-refractivity contribution is -0.140. The van der Waals surface area contributed by atoms with E-state index in [0.717, 1.165) is 14.6 Å². The number of halogens is 1. The van der Waals surface area contributed by atoms with Gasteiger partial charge in [0, 0.05) is 15.6 Å². The Morgan fingerprint density at radius 3 is 2.78 bits per heavy atom. The number of fused-ring (bicyclic) bond motifs is 1. The average molecular weight is 327 g/mol. The number of carbonyl (C=O) groups excluding carboxylic acids is 2. The van der Waals surface area contributed by atoms with Crippen LogP contribution in [0.3, 0.4) is 0 Å². The second-order valence-electron chi connectivity index (χ2n) is 3.79. The Morgan fingerprint density at radius 2 is 2.06 bits per heavy atom. The van der Waals surface area contributed by atoms with E-state index in [1.165, 1.54) is 18.4 Å². The molecule has 0 aliphatic carbocycles. The molecule has 1 aromatic carbocycles. The van der Waals surface area contributed by atoms with Crippen molar-refractivity contribution in [2.24, 2.45) is 0 Å². The monoisotopic (exact) mass is 326 g/mol. The molecule has 0 N–H and O–H groups in total. The Labute approximate surface area is 117 Å². The molecule has 5 heteroatoms. The fourth-order valence-corrected chi connectivity index (χ4v) is 3.17. The van der Waals surface area contributed by atoms with Gasteiger partial charge in [-0.3, -0.25) is 9.59 Å². The van der Waals surface area contributed by atoms with Crippen molar-refractivity contribution in [1.82, 2.24) is 0 Å².